The molecule has 0 saturated heterocycles. The minimum Gasteiger partial charge on any atom is -0.492 e. The fraction of sp³-hybridized carbons (Fsp3) is 0.462. The Kier molecular flexibility index (Phi) is 5.85. The molecule has 0 saturated carbocycles. The Labute approximate surface area is 112 Å². The third kappa shape index (κ3) is 3.84. The highest BCUT2D eigenvalue weighted by atomic mass is 32.2. The van der Waals surface area contributed by atoms with Crippen LogP contribution in [0.15, 0.2) is 17.3 Å². The van der Waals surface area contributed by atoms with Crippen molar-refractivity contribution in [3.63, 3.8) is 0 Å². The predicted molar refractivity (Wildman–Crippen MR) is 76.9 cm³/mol. The molecule has 0 radical (unpaired) electrons. The number of hydrogen-bond donors (Lipinski definition) is 2. The van der Waals surface area contributed by atoms with Gasteiger partial charge in [-0.05, 0) is 42.9 Å². The summed E-state index contributed by atoms with van der Waals surface area (Å²) in [5.74, 6) is 3.09. The largest absolute Gasteiger partial charge is 0.492 e. The van der Waals surface area contributed by atoms with Gasteiger partial charge in [-0.1, -0.05) is 12.1 Å². The monoisotopic (exact) mass is 268 g/mol. The molecule has 0 heterocycles. The highest BCUT2D eigenvalue weighted by Crippen LogP contribution is 2.25. The van der Waals surface area contributed by atoms with E-state index in [-0.39, 0.29) is 5.84 Å². The Morgan fingerprint density at radius 2 is 2.00 bits per heavy atom. The summed E-state index contributed by atoms with van der Waals surface area (Å²) < 4.78 is 5.77. The summed E-state index contributed by atoms with van der Waals surface area (Å²) in [6.07, 6.45) is 0. The molecule has 4 nitrogen and oxygen atoms in total. The molecule has 3 N–H and O–H groups in total. The molecule has 0 aliphatic heterocycles. The number of nitrogens with two attached hydrogens (primary N) is 1. The molecule has 100 valence electrons. The molecule has 0 unspecified atom stereocenters. The van der Waals surface area contributed by atoms with Crippen LogP contribution in [0, 0.1) is 13.8 Å². The van der Waals surface area contributed by atoms with E-state index in [1.807, 2.05) is 37.7 Å². The summed E-state index contributed by atoms with van der Waals surface area (Å²) in [4.78, 5) is 0. The third-order valence-electron chi connectivity index (χ3n) is 2.54. The predicted octanol–water partition coefficient (Wildman–Crippen LogP) is 2.53. The van der Waals surface area contributed by atoms with Gasteiger partial charge in [0.2, 0.25) is 0 Å². The number of aryl methyl sites for hydroxylation is 2. The van der Waals surface area contributed by atoms with E-state index >= 15 is 0 Å². The lowest BCUT2D eigenvalue weighted by Crippen LogP contribution is -2.14. The van der Waals surface area contributed by atoms with Crippen molar-refractivity contribution < 1.29 is 9.94 Å². The molecule has 0 aromatic heterocycles. The number of nitrogens with zero attached hydrogens (tertiary/aromatic N) is 1. The van der Waals surface area contributed by atoms with Crippen LogP contribution in [0.2, 0.25) is 0 Å². The first-order chi connectivity index (χ1) is 8.60. The van der Waals surface area contributed by atoms with Gasteiger partial charge in [-0.3, -0.25) is 0 Å². The minimum atomic E-state index is 0.120. The van der Waals surface area contributed by atoms with Crippen LogP contribution in [-0.4, -0.2) is 29.2 Å². The van der Waals surface area contributed by atoms with Gasteiger partial charge in [0.25, 0.3) is 0 Å². The van der Waals surface area contributed by atoms with E-state index in [2.05, 4.69) is 12.1 Å². The number of ether oxygens (including phenoxy) is 1. The topological polar surface area (TPSA) is 67.8 Å². The lowest BCUT2D eigenvalue weighted by Gasteiger charge is -2.13. The number of rotatable bonds is 6. The van der Waals surface area contributed by atoms with Crippen molar-refractivity contribution in [1.82, 2.24) is 0 Å². The highest BCUT2D eigenvalue weighted by Gasteiger charge is 2.08. The second-order valence-electron chi connectivity index (χ2n) is 3.97. The van der Waals surface area contributed by atoms with Crippen LogP contribution < -0.4 is 10.5 Å². The Morgan fingerprint density at radius 1 is 1.39 bits per heavy atom. The van der Waals surface area contributed by atoms with Gasteiger partial charge in [-0.15, -0.1) is 0 Å². The summed E-state index contributed by atoms with van der Waals surface area (Å²) in [6, 6.07) is 3.73. The Hall–Kier alpha value is -1.36. The van der Waals surface area contributed by atoms with Gasteiger partial charge in [0, 0.05) is 11.3 Å². The summed E-state index contributed by atoms with van der Waals surface area (Å²) in [7, 11) is 0. The smallest absolute Gasteiger partial charge is 0.170 e. The lowest BCUT2D eigenvalue weighted by atomic mass is 10.1. The van der Waals surface area contributed by atoms with Crippen LogP contribution >= 0.6 is 11.8 Å². The van der Waals surface area contributed by atoms with Gasteiger partial charge in [0.05, 0.1) is 6.61 Å². The lowest BCUT2D eigenvalue weighted by molar-refractivity contribution is 0.318. The molecule has 0 amide bonds. The van der Waals surface area contributed by atoms with Crippen molar-refractivity contribution in [3.8, 4) is 5.75 Å². The standard InChI is InChI=1S/C13H20N2O2S/c1-4-18-6-5-17-12-9(2)7-11(8-10(12)3)13(14)15-16/h7-8,16H,4-6H2,1-3H3,(H2,14,15). The zero-order valence-corrected chi connectivity index (χ0v) is 11.9. The van der Waals surface area contributed by atoms with Crippen LogP contribution in [0.1, 0.15) is 23.6 Å². The summed E-state index contributed by atoms with van der Waals surface area (Å²) in [5.41, 5.74) is 8.29. The molecule has 5 heteroatoms. The molecule has 0 fully saturated rings. The first-order valence-corrected chi connectivity index (χ1v) is 7.05. The van der Waals surface area contributed by atoms with Crippen LogP contribution in [-0.2, 0) is 0 Å². The van der Waals surface area contributed by atoms with Crippen LogP contribution in [0.25, 0.3) is 0 Å². The van der Waals surface area contributed by atoms with Gasteiger partial charge >= 0.3 is 0 Å². The van der Waals surface area contributed by atoms with Gasteiger partial charge in [0.15, 0.2) is 5.84 Å². The van der Waals surface area contributed by atoms with E-state index in [1.54, 1.807) is 0 Å². The van der Waals surface area contributed by atoms with Gasteiger partial charge in [0.1, 0.15) is 5.75 Å². The number of oxime groups is 1. The van der Waals surface area contributed by atoms with Crippen molar-refractivity contribution in [2.24, 2.45) is 10.9 Å². The Bertz CT molecular complexity index is 410. The van der Waals surface area contributed by atoms with Gasteiger partial charge in [-0.25, -0.2) is 0 Å². The second kappa shape index (κ2) is 7.16. The number of hydrogen-bond acceptors (Lipinski definition) is 4. The highest BCUT2D eigenvalue weighted by molar-refractivity contribution is 7.99. The maximum atomic E-state index is 8.67. The molecule has 0 spiro atoms. The van der Waals surface area contributed by atoms with Crippen molar-refractivity contribution >= 4 is 17.6 Å². The van der Waals surface area contributed by atoms with E-state index in [4.69, 9.17) is 15.7 Å². The van der Waals surface area contributed by atoms with Gasteiger partial charge in [-0.2, -0.15) is 11.8 Å². The molecule has 18 heavy (non-hydrogen) atoms. The number of thioether (sulfide) groups is 1. The van der Waals surface area contributed by atoms with Gasteiger partial charge < -0.3 is 15.7 Å². The molecular weight excluding hydrogens is 248 g/mol. The SMILES string of the molecule is CCSCCOc1c(C)cc(C(N)=NO)cc1C. The van der Waals surface area contributed by atoms with Crippen molar-refractivity contribution in [1.29, 1.82) is 0 Å². The average molecular weight is 268 g/mol. The molecule has 0 aliphatic rings. The fourth-order valence-electron chi connectivity index (χ4n) is 1.73. The summed E-state index contributed by atoms with van der Waals surface area (Å²) in [5, 5.41) is 11.7. The molecule has 1 aromatic rings. The Balaban J connectivity index is 2.81. The van der Waals surface area contributed by atoms with Crippen LogP contribution in [0.3, 0.4) is 0 Å². The molecule has 0 bridgehead atoms. The first kappa shape index (κ1) is 14.7. The third-order valence-corrected chi connectivity index (χ3v) is 3.41. The fourth-order valence-corrected chi connectivity index (χ4v) is 2.22. The van der Waals surface area contributed by atoms with E-state index in [1.165, 1.54) is 0 Å². The number of amidine groups is 1. The molecule has 0 atom stereocenters. The number of benzene rings is 1. The Morgan fingerprint density at radius 3 is 2.50 bits per heavy atom. The van der Waals surface area contributed by atoms with Crippen LogP contribution in [0.5, 0.6) is 5.75 Å². The summed E-state index contributed by atoms with van der Waals surface area (Å²) in [6.45, 7) is 6.75. The molecule has 0 aliphatic carbocycles. The van der Waals surface area contributed by atoms with E-state index in [0.717, 1.165) is 28.4 Å². The molecule has 1 rings (SSSR count). The van der Waals surface area contributed by atoms with Crippen molar-refractivity contribution in [2.75, 3.05) is 18.1 Å². The average Bonchev–Trinajstić information content (AvgIpc) is 2.35. The first-order valence-electron chi connectivity index (χ1n) is 5.89. The normalized spacial score (nSPS) is 11.6. The molecular formula is C13H20N2O2S. The zero-order chi connectivity index (χ0) is 13.5. The quantitative estimate of drug-likeness (QED) is 0.273. The van der Waals surface area contributed by atoms with E-state index in [9.17, 15) is 0 Å². The molecule has 1 aromatic carbocycles. The maximum Gasteiger partial charge on any atom is 0.170 e. The maximum absolute atomic E-state index is 8.67. The van der Waals surface area contributed by atoms with E-state index < -0.39 is 0 Å². The van der Waals surface area contributed by atoms with Crippen molar-refractivity contribution in [2.45, 2.75) is 20.8 Å². The van der Waals surface area contributed by atoms with Crippen molar-refractivity contribution in [3.05, 3.63) is 28.8 Å². The van der Waals surface area contributed by atoms with Crippen LogP contribution in [0.4, 0.5) is 0 Å². The zero-order valence-electron chi connectivity index (χ0n) is 11.1. The van der Waals surface area contributed by atoms with E-state index in [0.29, 0.717) is 12.2 Å². The second-order valence-corrected chi connectivity index (χ2v) is 5.36. The minimum absolute atomic E-state index is 0.120. The summed E-state index contributed by atoms with van der Waals surface area (Å²) >= 11 is 1.85.